The van der Waals surface area contributed by atoms with Gasteiger partial charge in [-0.3, -0.25) is 14.3 Å². The molecular formula is C24H29N5O2S. The van der Waals surface area contributed by atoms with Crippen LogP contribution in [0.3, 0.4) is 0 Å². The quantitative estimate of drug-likeness (QED) is 0.496. The third kappa shape index (κ3) is 4.80. The number of nitrogens with one attached hydrogen (secondary N) is 1. The highest BCUT2D eigenvalue weighted by Crippen LogP contribution is 2.39. The van der Waals surface area contributed by atoms with Crippen molar-refractivity contribution >= 4 is 23.4 Å². The van der Waals surface area contributed by atoms with Gasteiger partial charge in [-0.15, -0.1) is 10.2 Å². The first kappa shape index (κ1) is 22.3. The predicted molar refractivity (Wildman–Crippen MR) is 127 cm³/mol. The average Bonchev–Trinajstić information content (AvgIpc) is 3.23. The number of methoxy groups -OCH3 is 1. The zero-order valence-corrected chi connectivity index (χ0v) is 19.5. The van der Waals surface area contributed by atoms with Gasteiger partial charge in [-0.25, -0.2) is 0 Å². The summed E-state index contributed by atoms with van der Waals surface area (Å²) in [5.41, 5.74) is 1.60. The van der Waals surface area contributed by atoms with Crippen molar-refractivity contribution in [2.45, 2.75) is 56.0 Å². The normalized spacial score (nSPS) is 19.3. The number of amides is 1. The Labute approximate surface area is 193 Å². The second-order valence-electron chi connectivity index (χ2n) is 8.20. The number of ether oxygens (including phenoxy) is 1. The number of carbonyl (C=O) groups excluding carboxylic acids is 1. The summed E-state index contributed by atoms with van der Waals surface area (Å²) in [7, 11) is 1.59. The number of hydrogen-bond donors (Lipinski definition) is 1. The summed E-state index contributed by atoms with van der Waals surface area (Å²) in [6.45, 7) is 4.19. The van der Waals surface area contributed by atoms with E-state index in [9.17, 15) is 4.79 Å². The lowest BCUT2D eigenvalue weighted by molar-refractivity contribution is -0.115. The molecule has 0 bridgehead atoms. The molecule has 1 aliphatic carbocycles. The van der Waals surface area contributed by atoms with E-state index in [1.165, 1.54) is 31.0 Å². The molecule has 1 fully saturated rings. The van der Waals surface area contributed by atoms with Crippen molar-refractivity contribution in [1.82, 2.24) is 19.7 Å². The lowest BCUT2D eigenvalue weighted by Gasteiger charge is -2.31. The first-order valence-corrected chi connectivity index (χ1v) is 11.9. The van der Waals surface area contributed by atoms with Gasteiger partial charge in [-0.1, -0.05) is 43.7 Å². The van der Waals surface area contributed by atoms with Gasteiger partial charge in [-0.05, 0) is 49.9 Å². The van der Waals surface area contributed by atoms with Crippen LogP contribution >= 0.6 is 11.8 Å². The van der Waals surface area contributed by atoms with E-state index in [1.807, 2.05) is 49.5 Å². The number of hydrogen-bond acceptors (Lipinski definition) is 6. The van der Waals surface area contributed by atoms with Crippen LogP contribution in [0, 0.1) is 5.92 Å². The molecule has 0 aliphatic heterocycles. The van der Waals surface area contributed by atoms with E-state index in [4.69, 9.17) is 4.74 Å². The molecule has 1 saturated carbocycles. The van der Waals surface area contributed by atoms with Crippen LogP contribution in [0.4, 0.5) is 5.69 Å². The average molecular weight is 452 g/mol. The number of carbonyl (C=O) groups is 1. The van der Waals surface area contributed by atoms with Crippen LogP contribution in [0.1, 0.15) is 45.6 Å². The third-order valence-corrected chi connectivity index (χ3v) is 7.06. The molecule has 0 radical (unpaired) electrons. The number of anilines is 1. The van der Waals surface area contributed by atoms with E-state index in [0.29, 0.717) is 23.4 Å². The maximum atomic E-state index is 13.0. The molecule has 2 aromatic heterocycles. The molecule has 7 nitrogen and oxygen atoms in total. The van der Waals surface area contributed by atoms with E-state index < -0.39 is 0 Å². The highest BCUT2D eigenvalue weighted by molar-refractivity contribution is 8.00. The summed E-state index contributed by atoms with van der Waals surface area (Å²) < 4.78 is 7.59. The van der Waals surface area contributed by atoms with Gasteiger partial charge in [0.15, 0.2) is 11.0 Å². The fraction of sp³-hybridized carbons (Fsp3) is 0.417. The highest BCUT2D eigenvalue weighted by Gasteiger charge is 2.30. The number of benzene rings is 1. The number of pyridine rings is 1. The number of aromatic nitrogens is 4. The summed E-state index contributed by atoms with van der Waals surface area (Å²) in [4.78, 5) is 17.2. The Morgan fingerprint density at radius 1 is 1.19 bits per heavy atom. The number of thioether (sulfide) groups is 1. The molecule has 168 valence electrons. The Hall–Kier alpha value is -2.87. The lowest BCUT2D eigenvalue weighted by Crippen LogP contribution is -2.25. The minimum Gasteiger partial charge on any atom is -0.495 e. The zero-order valence-electron chi connectivity index (χ0n) is 18.7. The number of nitrogens with zero attached hydrogens (tertiary/aromatic N) is 4. The lowest BCUT2D eigenvalue weighted by atomic mass is 9.85. The fourth-order valence-electron chi connectivity index (χ4n) is 4.22. The van der Waals surface area contributed by atoms with Gasteiger partial charge in [0.05, 0.1) is 18.0 Å². The summed E-state index contributed by atoms with van der Waals surface area (Å²) in [5, 5.41) is 12.4. The van der Waals surface area contributed by atoms with Crippen molar-refractivity contribution < 1.29 is 9.53 Å². The van der Waals surface area contributed by atoms with Gasteiger partial charge < -0.3 is 10.1 Å². The maximum Gasteiger partial charge on any atom is 0.237 e. The van der Waals surface area contributed by atoms with Crippen molar-refractivity contribution in [3.63, 3.8) is 0 Å². The molecule has 1 N–H and O–H groups in total. The van der Waals surface area contributed by atoms with Gasteiger partial charge in [-0.2, -0.15) is 0 Å². The summed E-state index contributed by atoms with van der Waals surface area (Å²) in [6, 6.07) is 11.6. The molecule has 32 heavy (non-hydrogen) atoms. The molecule has 3 atom stereocenters. The van der Waals surface area contributed by atoms with Crippen molar-refractivity contribution in [2.75, 3.05) is 12.4 Å². The molecule has 2 heterocycles. The van der Waals surface area contributed by atoms with Crippen molar-refractivity contribution in [1.29, 1.82) is 0 Å². The van der Waals surface area contributed by atoms with Gasteiger partial charge in [0.1, 0.15) is 5.75 Å². The maximum absolute atomic E-state index is 13.0. The van der Waals surface area contributed by atoms with Gasteiger partial charge in [0.25, 0.3) is 0 Å². The standard InChI is InChI=1S/C24H29N5O2S/c1-16-9-4-6-12-20(16)29-22(18-10-8-14-25-15-18)27-28-24(29)32-17(2)23(30)26-19-11-5-7-13-21(19)31-3/h5,7-8,10-11,13-17,20H,4,6,9,12H2,1-3H3,(H,26,30). The Bertz CT molecular complexity index is 1060. The largest absolute Gasteiger partial charge is 0.495 e. The van der Waals surface area contributed by atoms with Crippen LogP contribution in [0.5, 0.6) is 5.75 Å². The van der Waals surface area contributed by atoms with E-state index in [1.54, 1.807) is 13.3 Å². The predicted octanol–water partition coefficient (Wildman–Crippen LogP) is 5.22. The van der Waals surface area contributed by atoms with Gasteiger partial charge in [0.2, 0.25) is 5.91 Å². The molecule has 1 aliphatic rings. The number of para-hydroxylation sites is 2. The van der Waals surface area contributed by atoms with Crippen molar-refractivity contribution in [3.05, 3.63) is 48.8 Å². The SMILES string of the molecule is COc1ccccc1NC(=O)C(C)Sc1nnc(-c2cccnc2)n1C1CCCCC1C. The van der Waals surface area contributed by atoms with Crippen LogP contribution in [0.15, 0.2) is 53.9 Å². The van der Waals surface area contributed by atoms with Crippen molar-refractivity contribution in [2.24, 2.45) is 5.92 Å². The molecule has 1 aromatic carbocycles. The first-order chi connectivity index (χ1) is 15.6. The Morgan fingerprint density at radius 3 is 2.75 bits per heavy atom. The molecule has 1 amide bonds. The molecule has 3 aromatic rings. The summed E-state index contributed by atoms with van der Waals surface area (Å²) in [6.07, 6.45) is 8.29. The van der Waals surface area contributed by atoms with Crippen LogP contribution < -0.4 is 10.1 Å². The monoisotopic (exact) mass is 451 g/mol. The van der Waals surface area contributed by atoms with Crippen LogP contribution in [0.25, 0.3) is 11.4 Å². The van der Waals surface area contributed by atoms with Crippen LogP contribution in [-0.2, 0) is 4.79 Å². The molecule has 0 spiro atoms. The van der Waals surface area contributed by atoms with E-state index in [2.05, 4.69) is 32.0 Å². The second kappa shape index (κ2) is 10.2. The third-order valence-electron chi connectivity index (χ3n) is 6.00. The van der Waals surface area contributed by atoms with Gasteiger partial charge >= 0.3 is 0 Å². The minimum absolute atomic E-state index is 0.103. The first-order valence-electron chi connectivity index (χ1n) is 11.0. The Morgan fingerprint density at radius 2 is 2.00 bits per heavy atom. The Balaban J connectivity index is 1.60. The van der Waals surface area contributed by atoms with Gasteiger partial charge in [0, 0.05) is 24.0 Å². The molecular weight excluding hydrogens is 422 g/mol. The van der Waals surface area contributed by atoms with E-state index in [0.717, 1.165) is 23.0 Å². The molecule has 8 heteroatoms. The van der Waals surface area contributed by atoms with E-state index >= 15 is 0 Å². The molecule has 3 unspecified atom stereocenters. The second-order valence-corrected chi connectivity index (χ2v) is 9.50. The molecule has 0 saturated heterocycles. The summed E-state index contributed by atoms with van der Waals surface area (Å²) in [5.74, 6) is 1.87. The topological polar surface area (TPSA) is 81.9 Å². The zero-order chi connectivity index (χ0) is 22.5. The minimum atomic E-state index is -0.358. The fourth-order valence-corrected chi connectivity index (χ4v) is 5.13. The molecule has 4 rings (SSSR count). The van der Waals surface area contributed by atoms with E-state index in [-0.39, 0.29) is 11.2 Å². The number of rotatable bonds is 7. The van der Waals surface area contributed by atoms with Crippen LogP contribution in [-0.4, -0.2) is 38.0 Å². The highest BCUT2D eigenvalue weighted by atomic mass is 32.2. The summed E-state index contributed by atoms with van der Waals surface area (Å²) >= 11 is 1.44. The van der Waals surface area contributed by atoms with Crippen LogP contribution in [0.2, 0.25) is 0 Å². The smallest absolute Gasteiger partial charge is 0.237 e. The van der Waals surface area contributed by atoms with Crippen molar-refractivity contribution in [3.8, 4) is 17.1 Å². The Kier molecular flexibility index (Phi) is 7.09.